The highest BCUT2D eigenvalue weighted by atomic mass is 32.2. The first-order valence-electron chi connectivity index (χ1n) is 9.23. The fraction of sp³-hybridized carbons (Fsp3) is 0.421. The average Bonchev–Trinajstić information content (AvgIpc) is 2.75. The van der Waals surface area contributed by atoms with Gasteiger partial charge in [0.2, 0.25) is 5.91 Å². The molecule has 5 rings (SSSR count). The van der Waals surface area contributed by atoms with Crippen LogP contribution in [0.3, 0.4) is 0 Å². The normalized spacial score (nSPS) is 24.7. The molecule has 3 fully saturated rings. The number of nitrogens with zero attached hydrogens (tertiary/aromatic N) is 3. The number of aromatic nitrogens is 2. The van der Waals surface area contributed by atoms with Crippen LogP contribution in [0.1, 0.15) is 19.3 Å². The molecule has 1 aliphatic carbocycles. The molecule has 0 unspecified atom stereocenters. The van der Waals surface area contributed by atoms with Crippen LogP contribution in [0.25, 0.3) is 0 Å². The summed E-state index contributed by atoms with van der Waals surface area (Å²) >= 11 is 0. The number of ether oxygens (including phenoxy) is 1. The molecule has 2 aromatic heterocycles. The predicted octanol–water partition coefficient (Wildman–Crippen LogP) is 1.91. The third-order valence-electron chi connectivity index (χ3n) is 5.51. The number of fused-ring (bicyclic) bond motifs is 3. The van der Waals surface area contributed by atoms with Gasteiger partial charge in [0.05, 0.1) is 13.0 Å². The lowest BCUT2D eigenvalue weighted by Gasteiger charge is -2.48. The maximum absolute atomic E-state index is 13.1. The maximum Gasteiger partial charge on any atom is 0.260 e. The second-order valence-electron chi connectivity index (χ2n) is 7.14. The Balaban J connectivity index is 1.59. The lowest BCUT2D eigenvalue weighted by Crippen LogP contribution is -2.57. The molecular formula is C19H22N4O4S. The summed E-state index contributed by atoms with van der Waals surface area (Å²) in [5.74, 6) is 0.306. The average molecular weight is 402 g/mol. The molecule has 1 amide bonds. The van der Waals surface area contributed by atoms with E-state index in [2.05, 4.69) is 15.3 Å². The first-order valence-corrected chi connectivity index (χ1v) is 10.7. The molecule has 2 aromatic rings. The van der Waals surface area contributed by atoms with Gasteiger partial charge in [0.25, 0.3) is 10.0 Å². The third-order valence-corrected chi connectivity index (χ3v) is 7.32. The minimum absolute atomic E-state index is 0.0214. The summed E-state index contributed by atoms with van der Waals surface area (Å²) in [7, 11) is -2.23. The van der Waals surface area contributed by atoms with Gasteiger partial charge in [-0.2, -0.15) is 4.31 Å². The highest BCUT2D eigenvalue weighted by Gasteiger charge is 2.49. The van der Waals surface area contributed by atoms with E-state index in [0.29, 0.717) is 31.0 Å². The van der Waals surface area contributed by atoms with Gasteiger partial charge in [0.15, 0.2) is 16.6 Å². The molecule has 3 atom stereocenters. The van der Waals surface area contributed by atoms with Gasteiger partial charge in [-0.3, -0.25) is 4.79 Å². The number of piperidine rings is 2. The SMILES string of the molecule is COc1cccnc1NC(=O)[C@@H]1C[C@@H]2CC[C@H]1N(S(=O)(=O)c1ccccn1)C2. The third kappa shape index (κ3) is 3.35. The Morgan fingerprint density at radius 3 is 2.71 bits per heavy atom. The molecule has 2 aliphatic heterocycles. The number of carbonyl (C=O) groups excluding carboxylic acids is 1. The van der Waals surface area contributed by atoms with Crippen LogP contribution in [0.2, 0.25) is 0 Å². The fourth-order valence-corrected chi connectivity index (χ4v) is 5.88. The van der Waals surface area contributed by atoms with Gasteiger partial charge < -0.3 is 10.1 Å². The molecule has 1 N–H and O–H groups in total. The summed E-state index contributed by atoms with van der Waals surface area (Å²) in [5.41, 5.74) is 0. The first-order chi connectivity index (χ1) is 13.5. The number of pyridine rings is 2. The number of rotatable bonds is 5. The summed E-state index contributed by atoms with van der Waals surface area (Å²) in [6, 6.07) is 7.88. The zero-order valence-corrected chi connectivity index (χ0v) is 16.3. The number of anilines is 1. The zero-order valence-electron chi connectivity index (χ0n) is 15.5. The molecule has 9 heteroatoms. The van der Waals surface area contributed by atoms with Gasteiger partial charge in [-0.15, -0.1) is 0 Å². The van der Waals surface area contributed by atoms with Crippen LogP contribution in [0.5, 0.6) is 5.75 Å². The smallest absolute Gasteiger partial charge is 0.260 e. The van der Waals surface area contributed by atoms with Crippen LogP contribution < -0.4 is 10.1 Å². The van der Waals surface area contributed by atoms with Crippen molar-refractivity contribution in [2.24, 2.45) is 11.8 Å². The van der Waals surface area contributed by atoms with Crippen molar-refractivity contribution in [2.75, 3.05) is 19.0 Å². The van der Waals surface area contributed by atoms with Crippen LogP contribution in [-0.2, 0) is 14.8 Å². The van der Waals surface area contributed by atoms with Gasteiger partial charge in [-0.25, -0.2) is 18.4 Å². The van der Waals surface area contributed by atoms with Gasteiger partial charge in [0, 0.05) is 25.0 Å². The van der Waals surface area contributed by atoms with Crippen molar-refractivity contribution in [1.29, 1.82) is 0 Å². The molecule has 3 aliphatic rings. The maximum atomic E-state index is 13.1. The van der Waals surface area contributed by atoms with Crippen molar-refractivity contribution in [3.05, 3.63) is 42.7 Å². The Bertz CT molecular complexity index is 967. The van der Waals surface area contributed by atoms with Gasteiger partial charge in [0.1, 0.15) is 0 Å². The van der Waals surface area contributed by atoms with Crippen molar-refractivity contribution in [3.63, 3.8) is 0 Å². The molecule has 148 valence electrons. The van der Waals surface area contributed by atoms with E-state index in [1.54, 1.807) is 30.5 Å². The van der Waals surface area contributed by atoms with Crippen LogP contribution in [0.4, 0.5) is 5.82 Å². The molecule has 2 saturated heterocycles. The number of sulfonamides is 1. The van der Waals surface area contributed by atoms with Crippen molar-refractivity contribution < 1.29 is 17.9 Å². The second-order valence-corrected chi connectivity index (χ2v) is 8.98. The highest BCUT2D eigenvalue weighted by Crippen LogP contribution is 2.42. The van der Waals surface area contributed by atoms with E-state index < -0.39 is 15.9 Å². The summed E-state index contributed by atoms with van der Waals surface area (Å²) in [6.07, 6.45) is 5.29. The Labute approximate surface area is 164 Å². The monoisotopic (exact) mass is 402 g/mol. The molecule has 2 bridgehead atoms. The summed E-state index contributed by atoms with van der Waals surface area (Å²) in [6.45, 7) is 0.431. The Morgan fingerprint density at radius 2 is 2.00 bits per heavy atom. The number of carbonyl (C=O) groups is 1. The van der Waals surface area contributed by atoms with E-state index in [-0.39, 0.29) is 22.9 Å². The molecule has 8 nitrogen and oxygen atoms in total. The molecule has 28 heavy (non-hydrogen) atoms. The topological polar surface area (TPSA) is 101 Å². The van der Waals surface area contributed by atoms with E-state index >= 15 is 0 Å². The van der Waals surface area contributed by atoms with E-state index in [4.69, 9.17) is 4.74 Å². The first kappa shape index (κ1) is 18.8. The van der Waals surface area contributed by atoms with Crippen molar-refractivity contribution >= 4 is 21.7 Å². The van der Waals surface area contributed by atoms with Crippen molar-refractivity contribution in [2.45, 2.75) is 30.3 Å². The quantitative estimate of drug-likeness (QED) is 0.820. The summed E-state index contributed by atoms with van der Waals surface area (Å²) in [4.78, 5) is 21.2. The number of methoxy groups -OCH3 is 1. The largest absolute Gasteiger partial charge is 0.493 e. The van der Waals surface area contributed by atoms with E-state index in [1.807, 2.05) is 0 Å². The lowest BCUT2D eigenvalue weighted by atomic mass is 9.73. The second kappa shape index (κ2) is 7.48. The van der Waals surface area contributed by atoms with E-state index in [9.17, 15) is 13.2 Å². The number of hydrogen-bond acceptors (Lipinski definition) is 6. The van der Waals surface area contributed by atoms with Crippen LogP contribution >= 0.6 is 0 Å². The number of hydrogen-bond donors (Lipinski definition) is 1. The summed E-state index contributed by atoms with van der Waals surface area (Å²) < 4.78 is 32.9. The lowest BCUT2D eigenvalue weighted by molar-refractivity contribution is -0.125. The predicted molar refractivity (Wildman–Crippen MR) is 102 cm³/mol. The Kier molecular flexibility index (Phi) is 5.03. The Morgan fingerprint density at radius 1 is 1.18 bits per heavy atom. The minimum atomic E-state index is -3.74. The standard InChI is InChI=1S/C19H22N4O4S/c1-27-16-5-4-10-21-18(16)22-19(24)14-11-13-7-8-15(14)23(12-13)28(25,26)17-6-2-3-9-20-17/h2-6,9-10,13-15H,7-8,11-12H2,1H3,(H,21,22,24)/t13-,14+,15+/m0/s1. The molecule has 0 aromatic carbocycles. The number of nitrogens with one attached hydrogen (secondary N) is 1. The molecule has 0 radical (unpaired) electrons. The van der Waals surface area contributed by atoms with Crippen molar-refractivity contribution in [1.82, 2.24) is 14.3 Å². The van der Waals surface area contributed by atoms with Crippen molar-refractivity contribution in [3.8, 4) is 5.75 Å². The van der Waals surface area contributed by atoms with Crippen LogP contribution in [0, 0.1) is 11.8 Å². The Hall–Kier alpha value is -2.52. The molecule has 4 heterocycles. The highest BCUT2D eigenvalue weighted by molar-refractivity contribution is 7.89. The minimum Gasteiger partial charge on any atom is -0.493 e. The summed E-state index contributed by atoms with van der Waals surface area (Å²) in [5, 5.41) is 2.84. The van der Waals surface area contributed by atoms with E-state index in [0.717, 1.165) is 6.42 Å². The van der Waals surface area contributed by atoms with Crippen LogP contribution in [-0.4, -0.2) is 48.3 Å². The van der Waals surface area contributed by atoms with E-state index in [1.165, 1.54) is 23.7 Å². The zero-order chi connectivity index (χ0) is 19.7. The fourth-order valence-electron chi connectivity index (χ4n) is 4.18. The van der Waals surface area contributed by atoms with Gasteiger partial charge in [-0.1, -0.05) is 6.07 Å². The van der Waals surface area contributed by atoms with Gasteiger partial charge in [-0.05, 0) is 49.4 Å². The number of amides is 1. The van der Waals surface area contributed by atoms with Gasteiger partial charge >= 0.3 is 0 Å². The molecule has 1 saturated carbocycles. The molecule has 0 spiro atoms. The van der Waals surface area contributed by atoms with Crippen LogP contribution in [0.15, 0.2) is 47.8 Å². The molecular weight excluding hydrogens is 380 g/mol.